The molecule has 33 heavy (non-hydrogen) atoms. The Labute approximate surface area is 198 Å². The second kappa shape index (κ2) is 10.9. The highest BCUT2D eigenvalue weighted by Crippen LogP contribution is 2.24. The summed E-state index contributed by atoms with van der Waals surface area (Å²) in [6.07, 6.45) is 3.53. The van der Waals surface area contributed by atoms with E-state index in [1.165, 1.54) is 12.1 Å². The van der Waals surface area contributed by atoms with E-state index in [4.69, 9.17) is 27.8 Å². The number of sulfonamides is 1. The fraction of sp³-hybridized carbons (Fsp3) is 0.381. The van der Waals surface area contributed by atoms with Gasteiger partial charge in [-0.05, 0) is 68.7 Å². The van der Waals surface area contributed by atoms with E-state index >= 15 is 0 Å². The van der Waals surface area contributed by atoms with Crippen LogP contribution in [-0.4, -0.2) is 41.2 Å². The number of nitrogens with two attached hydrogens (primary N) is 2. The monoisotopic (exact) mass is 491 g/mol. The fourth-order valence-electron chi connectivity index (χ4n) is 3.41. The first kappa shape index (κ1) is 24.8. The van der Waals surface area contributed by atoms with E-state index in [0.29, 0.717) is 41.9 Å². The van der Waals surface area contributed by atoms with Crippen molar-refractivity contribution in [1.29, 1.82) is 0 Å². The number of nitrogen functional groups attached to an aromatic ring is 1. The van der Waals surface area contributed by atoms with Crippen LogP contribution in [0.5, 0.6) is 0 Å². The Morgan fingerprint density at radius 1 is 1.24 bits per heavy atom. The van der Waals surface area contributed by atoms with Gasteiger partial charge in [0.15, 0.2) is 10.9 Å². The van der Waals surface area contributed by atoms with Crippen molar-refractivity contribution in [3.63, 3.8) is 0 Å². The van der Waals surface area contributed by atoms with Crippen LogP contribution in [0.3, 0.4) is 0 Å². The number of rotatable bonds is 10. The van der Waals surface area contributed by atoms with E-state index in [9.17, 15) is 8.42 Å². The minimum absolute atomic E-state index is 0.0513. The van der Waals surface area contributed by atoms with Gasteiger partial charge in [-0.15, -0.1) is 0 Å². The fourth-order valence-corrected chi connectivity index (χ4v) is 4.15. The van der Waals surface area contributed by atoms with Gasteiger partial charge in [0.05, 0.1) is 10.4 Å². The van der Waals surface area contributed by atoms with Crippen molar-refractivity contribution in [2.75, 3.05) is 24.2 Å². The Morgan fingerprint density at radius 2 is 1.97 bits per heavy atom. The van der Waals surface area contributed by atoms with Crippen LogP contribution in [0.1, 0.15) is 31.2 Å². The number of ether oxygens (including phenoxy) is 1. The number of unbranched alkanes of at least 4 members (excludes halogenated alkanes) is 1. The molecule has 0 atom stereocenters. The van der Waals surface area contributed by atoms with Crippen LogP contribution < -0.4 is 21.5 Å². The lowest BCUT2D eigenvalue weighted by Gasteiger charge is -2.13. The predicted molar refractivity (Wildman–Crippen MR) is 133 cm³/mol. The summed E-state index contributed by atoms with van der Waals surface area (Å²) in [5.41, 5.74) is 9.44. The predicted octanol–water partition coefficient (Wildman–Crippen LogP) is 2.27. The first-order chi connectivity index (χ1) is 15.7. The molecule has 0 bridgehead atoms. The zero-order valence-corrected chi connectivity index (χ0v) is 20.3. The third-order valence-electron chi connectivity index (χ3n) is 5.03. The Hall–Kier alpha value is -2.80. The normalized spacial score (nSPS) is 11.6. The molecule has 6 N–H and O–H groups in total. The molecule has 3 aromatic rings. The first-order valence-electron chi connectivity index (χ1n) is 10.6. The molecule has 10 nitrogen and oxygen atoms in total. The van der Waals surface area contributed by atoms with Crippen LogP contribution in [-0.2, 0) is 27.9 Å². The van der Waals surface area contributed by atoms with Crippen molar-refractivity contribution in [1.82, 2.24) is 19.9 Å². The Kier molecular flexibility index (Phi) is 8.19. The molecule has 0 amide bonds. The summed E-state index contributed by atoms with van der Waals surface area (Å²) in [5.74, 6) is 1.25. The van der Waals surface area contributed by atoms with Crippen molar-refractivity contribution >= 4 is 49.9 Å². The summed E-state index contributed by atoms with van der Waals surface area (Å²) in [7, 11) is -3.72. The quantitative estimate of drug-likeness (QED) is 0.247. The number of hydrogen-bond donors (Lipinski definition) is 4. The standard InChI is InChI=1S/C21H29N7O3S2/c1-3-31-13-17-27-18-19(14(2)12-25-20(18)22)28(17)11-5-4-10-24-21(32)26-15-6-8-16(9-7-15)33(23,29)30/h6-9,12H,3-5,10-11,13H2,1-2H3,(H2,22,25)(H2,23,29,30)(H2,24,26,32). The van der Waals surface area contributed by atoms with Crippen molar-refractivity contribution in [2.24, 2.45) is 5.14 Å². The lowest BCUT2D eigenvalue weighted by molar-refractivity contribution is 0.126. The molecule has 178 valence electrons. The van der Waals surface area contributed by atoms with E-state index in [-0.39, 0.29) is 4.90 Å². The molecule has 0 saturated carbocycles. The molecule has 3 rings (SSSR count). The molecule has 2 heterocycles. The number of anilines is 2. The van der Waals surface area contributed by atoms with Gasteiger partial charge in [0, 0.05) is 31.6 Å². The number of hydrogen-bond acceptors (Lipinski definition) is 7. The van der Waals surface area contributed by atoms with E-state index < -0.39 is 10.0 Å². The maximum atomic E-state index is 11.3. The minimum Gasteiger partial charge on any atom is -0.382 e. The number of primary sulfonamides is 1. The molecule has 0 aliphatic rings. The maximum absolute atomic E-state index is 11.3. The molecule has 0 unspecified atom stereocenters. The van der Waals surface area contributed by atoms with E-state index in [2.05, 4.69) is 25.2 Å². The Balaban J connectivity index is 1.53. The SMILES string of the molecule is CCOCc1nc2c(N)ncc(C)c2n1CCCCNC(=S)Nc1ccc(S(N)(=O)=O)cc1. The van der Waals surface area contributed by atoms with E-state index in [0.717, 1.165) is 36.3 Å². The number of pyridine rings is 1. The van der Waals surface area contributed by atoms with Gasteiger partial charge >= 0.3 is 0 Å². The summed E-state index contributed by atoms with van der Waals surface area (Å²) in [4.78, 5) is 8.93. The van der Waals surface area contributed by atoms with Crippen LogP contribution in [0.25, 0.3) is 11.0 Å². The molecular weight excluding hydrogens is 462 g/mol. The minimum atomic E-state index is -3.72. The Bertz CT molecular complexity index is 1220. The van der Waals surface area contributed by atoms with Crippen molar-refractivity contribution in [3.8, 4) is 0 Å². The van der Waals surface area contributed by atoms with Gasteiger partial charge in [0.2, 0.25) is 10.0 Å². The summed E-state index contributed by atoms with van der Waals surface area (Å²) in [6.45, 7) is 6.41. The summed E-state index contributed by atoms with van der Waals surface area (Å²) in [5, 5.41) is 11.8. The second-order valence-corrected chi connectivity index (χ2v) is 9.47. The number of nitrogens with zero attached hydrogens (tertiary/aromatic N) is 3. The van der Waals surface area contributed by atoms with Crippen molar-refractivity contribution in [3.05, 3.63) is 41.9 Å². The lowest BCUT2D eigenvalue weighted by Crippen LogP contribution is -2.29. The summed E-state index contributed by atoms with van der Waals surface area (Å²) in [6, 6.07) is 6.08. The van der Waals surface area contributed by atoms with Gasteiger partial charge in [-0.1, -0.05) is 0 Å². The summed E-state index contributed by atoms with van der Waals surface area (Å²) >= 11 is 5.32. The van der Waals surface area contributed by atoms with Crippen LogP contribution in [0.15, 0.2) is 35.4 Å². The van der Waals surface area contributed by atoms with Gasteiger partial charge < -0.3 is 25.7 Å². The summed E-state index contributed by atoms with van der Waals surface area (Å²) < 4.78 is 30.4. The molecule has 0 aliphatic heterocycles. The third-order valence-corrected chi connectivity index (χ3v) is 6.21. The number of thiocarbonyl (C=S) groups is 1. The van der Waals surface area contributed by atoms with E-state index in [1.807, 2.05) is 13.8 Å². The topological polar surface area (TPSA) is 150 Å². The lowest BCUT2D eigenvalue weighted by atomic mass is 10.2. The van der Waals surface area contributed by atoms with Crippen molar-refractivity contribution < 1.29 is 13.2 Å². The zero-order chi connectivity index (χ0) is 24.0. The Morgan fingerprint density at radius 3 is 2.64 bits per heavy atom. The maximum Gasteiger partial charge on any atom is 0.238 e. The van der Waals surface area contributed by atoms with Crippen molar-refractivity contribution in [2.45, 2.75) is 44.7 Å². The number of aromatic nitrogens is 3. The first-order valence-corrected chi connectivity index (χ1v) is 12.5. The number of benzene rings is 1. The van der Waals surface area contributed by atoms with Crippen LogP contribution >= 0.6 is 12.2 Å². The second-order valence-electron chi connectivity index (χ2n) is 7.50. The molecule has 12 heteroatoms. The smallest absolute Gasteiger partial charge is 0.238 e. The van der Waals surface area contributed by atoms with Gasteiger partial charge in [0.25, 0.3) is 0 Å². The highest BCUT2D eigenvalue weighted by atomic mass is 32.2. The van der Waals surface area contributed by atoms with Gasteiger partial charge in [-0.25, -0.2) is 23.5 Å². The molecule has 0 spiro atoms. The third kappa shape index (κ3) is 6.38. The largest absolute Gasteiger partial charge is 0.382 e. The van der Waals surface area contributed by atoms with Gasteiger partial charge in [-0.3, -0.25) is 0 Å². The molecule has 1 aromatic carbocycles. The zero-order valence-electron chi connectivity index (χ0n) is 18.7. The molecule has 0 fully saturated rings. The number of fused-ring (bicyclic) bond motifs is 1. The molecule has 2 aromatic heterocycles. The van der Waals surface area contributed by atoms with E-state index in [1.54, 1.807) is 18.3 Å². The molecular formula is C21H29N7O3S2. The molecule has 0 radical (unpaired) electrons. The average molecular weight is 492 g/mol. The van der Waals surface area contributed by atoms with Crippen LogP contribution in [0, 0.1) is 6.92 Å². The van der Waals surface area contributed by atoms with Crippen LogP contribution in [0.4, 0.5) is 11.5 Å². The molecule has 0 aliphatic carbocycles. The van der Waals surface area contributed by atoms with Crippen LogP contribution in [0.2, 0.25) is 0 Å². The number of aryl methyl sites for hydroxylation is 2. The number of imidazole rings is 1. The highest BCUT2D eigenvalue weighted by Gasteiger charge is 2.15. The van der Waals surface area contributed by atoms with Gasteiger partial charge in [0.1, 0.15) is 17.9 Å². The van der Waals surface area contributed by atoms with Gasteiger partial charge in [-0.2, -0.15) is 0 Å². The average Bonchev–Trinajstić information content (AvgIpc) is 3.14. The number of nitrogens with one attached hydrogen (secondary N) is 2. The highest BCUT2D eigenvalue weighted by molar-refractivity contribution is 7.89. The molecule has 0 saturated heterocycles.